The predicted octanol–water partition coefficient (Wildman–Crippen LogP) is 5.48. The van der Waals surface area contributed by atoms with Crippen LogP contribution in [0.25, 0.3) is 0 Å². The van der Waals surface area contributed by atoms with Crippen LogP contribution in [0, 0.1) is 0 Å². The molecule has 1 aromatic heterocycles. The molecule has 0 aliphatic heterocycles. The van der Waals surface area contributed by atoms with Crippen molar-refractivity contribution in [1.29, 1.82) is 0 Å². The monoisotopic (exact) mass is 597 g/mol. The van der Waals surface area contributed by atoms with Gasteiger partial charge in [-0.3, -0.25) is 9.69 Å². The van der Waals surface area contributed by atoms with Crippen LogP contribution in [0.15, 0.2) is 71.6 Å². The Labute approximate surface area is 247 Å². The van der Waals surface area contributed by atoms with E-state index in [0.29, 0.717) is 11.4 Å². The number of methoxy groups -OCH3 is 1. The number of benzene rings is 2. The number of carbonyl (C=O) groups is 2. The maximum Gasteiger partial charge on any atom is 0.416 e. The molecule has 0 aliphatic carbocycles. The third-order valence-corrected chi connectivity index (χ3v) is 7.71. The van der Waals surface area contributed by atoms with Gasteiger partial charge in [0.1, 0.15) is 23.7 Å². The third kappa shape index (κ3) is 9.02. The van der Waals surface area contributed by atoms with Gasteiger partial charge in [0, 0.05) is 0 Å². The first-order valence-electron chi connectivity index (χ1n) is 13.4. The number of nitrogens with one attached hydrogen (secondary N) is 1. The summed E-state index contributed by atoms with van der Waals surface area (Å²) in [6.07, 6.45) is -0.649. The van der Waals surface area contributed by atoms with E-state index in [4.69, 9.17) is 9.47 Å². The number of sulfonamides is 1. The summed E-state index contributed by atoms with van der Waals surface area (Å²) >= 11 is 0. The van der Waals surface area contributed by atoms with Crippen LogP contribution in [-0.4, -0.2) is 49.8 Å². The average Bonchev–Trinajstić information content (AvgIpc) is 2.90. The van der Waals surface area contributed by atoms with E-state index in [9.17, 15) is 23.1 Å². The quantitative estimate of drug-likeness (QED) is 0.314. The van der Waals surface area contributed by atoms with Crippen molar-refractivity contribution in [2.45, 2.75) is 69.9 Å². The minimum atomic E-state index is -4.02. The molecule has 0 saturated heterocycles. The predicted molar refractivity (Wildman–Crippen MR) is 160 cm³/mol. The summed E-state index contributed by atoms with van der Waals surface area (Å²) < 4.78 is 40.3. The van der Waals surface area contributed by atoms with Crippen molar-refractivity contribution < 1.29 is 32.6 Å². The Kier molecular flexibility index (Phi) is 10.0. The summed E-state index contributed by atoms with van der Waals surface area (Å²) in [5.74, 6) is -0.732. The highest BCUT2D eigenvalue weighted by Crippen LogP contribution is 2.27. The number of nitrogens with zero attached hydrogens (tertiary/aromatic N) is 2. The minimum Gasteiger partial charge on any atom is -0.497 e. The summed E-state index contributed by atoms with van der Waals surface area (Å²) in [6.45, 7) is 10.6. The molecule has 3 rings (SSSR count). The molecule has 3 aromatic rings. The number of carboxylic acids is 1. The largest absolute Gasteiger partial charge is 0.497 e. The number of hydrogen-bond acceptors (Lipinski definition) is 7. The minimum absolute atomic E-state index is 0.0147. The number of amides is 1. The molecule has 1 heterocycles. The number of aliphatic carboxylic acids is 1. The van der Waals surface area contributed by atoms with Gasteiger partial charge in [0.2, 0.25) is 10.0 Å². The van der Waals surface area contributed by atoms with Crippen LogP contribution < -0.4 is 14.4 Å². The van der Waals surface area contributed by atoms with E-state index in [1.807, 2.05) is 24.3 Å². The van der Waals surface area contributed by atoms with Crippen molar-refractivity contribution in [2.75, 3.05) is 18.6 Å². The van der Waals surface area contributed by atoms with Gasteiger partial charge in [-0.1, -0.05) is 51.1 Å². The Hall–Kier alpha value is -3.96. The van der Waals surface area contributed by atoms with E-state index in [2.05, 4.69) is 30.5 Å². The van der Waals surface area contributed by atoms with E-state index in [-0.39, 0.29) is 22.5 Å². The van der Waals surface area contributed by atoms with Crippen molar-refractivity contribution in [3.63, 3.8) is 0 Å². The zero-order valence-corrected chi connectivity index (χ0v) is 25.9. The van der Waals surface area contributed by atoms with E-state index < -0.39 is 40.3 Å². The van der Waals surface area contributed by atoms with Crippen LogP contribution in [0.3, 0.4) is 0 Å². The van der Waals surface area contributed by atoms with Crippen molar-refractivity contribution in [1.82, 2.24) is 9.71 Å². The molecule has 1 unspecified atom stereocenters. The molecule has 226 valence electrons. The lowest BCUT2D eigenvalue weighted by atomic mass is 9.86. The molecule has 0 radical (unpaired) electrons. The Morgan fingerprint density at radius 2 is 1.57 bits per heavy atom. The van der Waals surface area contributed by atoms with Gasteiger partial charge < -0.3 is 14.6 Å². The lowest BCUT2D eigenvalue weighted by molar-refractivity contribution is -0.135. The second-order valence-electron chi connectivity index (χ2n) is 11.9. The molecule has 0 bridgehead atoms. The van der Waals surface area contributed by atoms with Gasteiger partial charge in [-0.25, -0.2) is 22.9 Å². The molecule has 0 spiro atoms. The molecule has 10 nitrogen and oxygen atoms in total. The van der Waals surface area contributed by atoms with E-state index >= 15 is 0 Å². The lowest BCUT2D eigenvalue weighted by Gasteiger charge is -2.26. The van der Waals surface area contributed by atoms with Crippen molar-refractivity contribution in [2.24, 2.45) is 0 Å². The summed E-state index contributed by atoms with van der Waals surface area (Å²) in [5.41, 5.74) is 1.35. The first kappa shape index (κ1) is 32.6. The molecule has 42 heavy (non-hydrogen) atoms. The zero-order chi connectivity index (χ0) is 31.3. The SMILES string of the molecule is COc1ccc(S(=O)(=O)NC(Cc2ccc(C(C)(C)C)cc2)c2cccc(N(CC(=O)O)C(=O)OC(C)(C)C)n2)cc1. The van der Waals surface area contributed by atoms with Gasteiger partial charge in [0.05, 0.1) is 23.7 Å². The molecule has 0 saturated carbocycles. The van der Waals surface area contributed by atoms with Crippen LogP contribution in [0.5, 0.6) is 5.75 Å². The number of hydrogen-bond donors (Lipinski definition) is 2. The van der Waals surface area contributed by atoms with Crippen LogP contribution in [0.2, 0.25) is 0 Å². The number of carbonyl (C=O) groups excluding carboxylic acids is 1. The Bertz CT molecular complexity index is 1490. The molecular formula is C31H39N3O7S. The highest BCUT2D eigenvalue weighted by Gasteiger charge is 2.28. The molecular weight excluding hydrogens is 558 g/mol. The van der Waals surface area contributed by atoms with Crippen LogP contribution in [-0.2, 0) is 31.4 Å². The first-order valence-corrected chi connectivity index (χ1v) is 14.9. The maximum atomic E-state index is 13.5. The van der Waals surface area contributed by atoms with Crippen molar-refractivity contribution >= 4 is 27.9 Å². The highest BCUT2D eigenvalue weighted by molar-refractivity contribution is 7.89. The second kappa shape index (κ2) is 12.9. The van der Waals surface area contributed by atoms with Gasteiger partial charge in [-0.15, -0.1) is 0 Å². The molecule has 2 N–H and O–H groups in total. The fraction of sp³-hybridized carbons (Fsp3) is 0.387. The summed E-state index contributed by atoms with van der Waals surface area (Å²) in [5, 5.41) is 9.48. The summed E-state index contributed by atoms with van der Waals surface area (Å²) in [7, 11) is -2.53. The average molecular weight is 598 g/mol. The maximum absolute atomic E-state index is 13.5. The van der Waals surface area contributed by atoms with Gasteiger partial charge in [-0.2, -0.15) is 0 Å². The van der Waals surface area contributed by atoms with Crippen LogP contribution in [0.1, 0.15) is 64.4 Å². The summed E-state index contributed by atoms with van der Waals surface area (Å²) in [4.78, 5) is 30.0. The van der Waals surface area contributed by atoms with Gasteiger partial charge in [0.15, 0.2) is 0 Å². The van der Waals surface area contributed by atoms with Crippen LogP contribution >= 0.6 is 0 Å². The van der Waals surface area contributed by atoms with Crippen molar-refractivity contribution in [3.05, 3.63) is 83.6 Å². The van der Waals surface area contributed by atoms with Crippen molar-refractivity contribution in [3.8, 4) is 5.75 Å². The topological polar surface area (TPSA) is 135 Å². The highest BCUT2D eigenvalue weighted by atomic mass is 32.2. The number of rotatable bonds is 10. The second-order valence-corrected chi connectivity index (χ2v) is 13.6. The third-order valence-electron chi connectivity index (χ3n) is 6.22. The molecule has 0 fully saturated rings. The number of pyridine rings is 1. The normalized spacial score (nSPS) is 12.8. The molecule has 0 aliphatic rings. The number of ether oxygens (including phenoxy) is 2. The zero-order valence-electron chi connectivity index (χ0n) is 25.0. The number of aromatic nitrogens is 1. The van der Waals surface area contributed by atoms with Gasteiger partial charge >= 0.3 is 12.1 Å². The van der Waals surface area contributed by atoms with E-state index in [1.165, 1.54) is 25.3 Å². The van der Waals surface area contributed by atoms with E-state index in [0.717, 1.165) is 16.0 Å². The standard InChI is InChI=1S/C31H39N3O7S/c1-30(2,3)22-13-11-21(12-14-22)19-26(33-42(38,39)24-17-15-23(40-7)16-18-24)25-9-8-10-27(32-25)34(20-28(35)36)29(37)41-31(4,5)6/h8-18,26,33H,19-20H2,1-7H3,(H,35,36). The Morgan fingerprint density at radius 1 is 0.952 bits per heavy atom. The number of carboxylic acid groups (broad SMARTS) is 1. The van der Waals surface area contributed by atoms with Crippen LogP contribution in [0.4, 0.5) is 10.6 Å². The summed E-state index contributed by atoms with van der Waals surface area (Å²) in [6, 6.07) is 17.7. The Balaban J connectivity index is 2.04. The number of anilines is 1. The lowest BCUT2D eigenvalue weighted by Crippen LogP contribution is -2.40. The fourth-order valence-corrected chi connectivity index (χ4v) is 5.28. The fourth-order valence-electron chi connectivity index (χ4n) is 4.07. The van der Waals surface area contributed by atoms with Gasteiger partial charge in [0.25, 0.3) is 0 Å². The molecule has 11 heteroatoms. The first-order chi connectivity index (χ1) is 19.5. The molecule has 1 atom stereocenters. The smallest absolute Gasteiger partial charge is 0.416 e. The molecule has 1 amide bonds. The Morgan fingerprint density at radius 3 is 2.10 bits per heavy atom. The van der Waals surface area contributed by atoms with Gasteiger partial charge in [-0.05, 0) is 80.1 Å². The molecule has 2 aromatic carbocycles. The van der Waals surface area contributed by atoms with E-state index in [1.54, 1.807) is 45.0 Å².